The van der Waals surface area contributed by atoms with E-state index < -0.39 is 12.1 Å². The van der Waals surface area contributed by atoms with Crippen LogP contribution in [-0.2, 0) is 25.5 Å². The highest BCUT2D eigenvalue weighted by atomic mass is 35.5. The van der Waals surface area contributed by atoms with Crippen LogP contribution in [0.5, 0.6) is 0 Å². The number of halogens is 1. The third-order valence-electron chi connectivity index (χ3n) is 7.53. The molecule has 1 saturated carbocycles. The summed E-state index contributed by atoms with van der Waals surface area (Å²) in [5, 5.41) is 9.88. The Morgan fingerprint density at radius 2 is 1.82 bits per heavy atom. The van der Waals surface area contributed by atoms with E-state index in [4.69, 9.17) is 16.3 Å². The molecule has 2 aliphatic carbocycles. The molecule has 8 nitrogen and oxygen atoms in total. The smallest absolute Gasteiger partial charge is 0.243 e. The first-order chi connectivity index (χ1) is 18.3. The molecule has 3 atom stereocenters. The molecule has 0 saturated heterocycles. The first-order valence-corrected chi connectivity index (χ1v) is 14.0. The molecule has 206 valence electrons. The van der Waals surface area contributed by atoms with Crippen molar-refractivity contribution in [3.8, 4) is 0 Å². The quantitative estimate of drug-likeness (QED) is 0.545. The lowest BCUT2D eigenvalue weighted by Crippen LogP contribution is -2.56. The molecule has 0 unspecified atom stereocenters. The Balaban J connectivity index is 1.53. The van der Waals surface area contributed by atoms with Gasteiger partial charge in [-0.15, -0.1) is 0 Å². The van der Waals surface area contributed by atoms with Crippen molar-refractivity contribution < 1.29 is 19.1 Å². The van der Waals surface area contributed by atoms with E-state index in [0.29, 0.717) is 31.1 Å². The lowest BCUT2D eigenvalue weighted by molar-refractivity contribution is -0.141. The minimum atomic E-state index is -0.779. The Bertz CT molecular complexity index is 1070. The van der Waals surface area contributed by atoms with E-state index in [9.17, 15) is 14.4 Å². The molecular weight excluding hydrogens is 504 g/mol. The Kier molecular flexibility index (Phi) is 9.86. The molecule has 38 heavy (non-hydrogen) atoms. The zero-order chi connectivity index (χ0) is 27.1. The van der Waals surface area contributed by atoms with Gasteiger partial charge in [0.05, 0.1) is 11.8 Å². The van der Waals surface area contributed by atoms with Gasteiger partial charge in [0.15, 0.2) is 0 Å². The van der Waals surface area contributed by atoms with Crippen molar-refractivity contribution in [2.24, 2.45) is 5.92 Å². The van der Waals surface area contributed by atoms with Crippen molar-refractivity contribution in [1.82, 2.24) is 20.9 Å². The van der Waals surface area contributed by atoms with Gasteiger partial charge in [-0.05, 0) is 68.2 Å². The molecule has 0 bridgehead atoms. The van der Waals surface area contributed by atoms with Crippen LogP contribution in [0, 0.1) is 5.92 Å². The largest absolute Gasteiger partial charge is 0.496 e. The first-order valence-electron chi connectivity index (χ1n) is 13.7. The fraction of sp³-hybridized carbons (Fsp3) is 0.552. The highest BCUT2D eigenvalue weighted by Crippen LogP contribution is 2.33. The molecule has 1 heterocycles. The molecule has 9 heteroatoms. The summed E-state index contributed by atoms with van der Waals surface area (Å²) in [6, 6.07) is 5.36. The number of nitrogens with one attached hydrogen (secondary N) is 3. The van der Waals surface area contributed by atoms with E-state index in [0.717, 1.165) is 55.4 Å². The van der Waals surface area contributed by atoms with Crippen molar-refractivity contribution in [1.29, 1.82) is 0 Å². The van der Waals surface area contributed by atoms with Gasteiger partial charge in [-0.3, -0.25) is 14.4 Å². The summed E-state index contributed by atoms with van der Waals surface area (Å²) in [6.07, 6.45) is 9.92. The maximum Gasteiger partial charge on any atom is 0.243 e. The number of likely N-dealkylation sites (N-methyl/N-ethyl adjacent to an activating group) is 1. The van der Waals surface area contributed by atoms with Gasteiger partial charge in [-0.25, -0.2) is 0 Å². The number of carbonyl (C=O) groups excluding carboxylic acids is 3. The number of hydrogen-bond acceptors (Lipinski definition) is 5. The summed E-state index contributed by atoms with van der Waals surface area (Å²) in [5.41, 5.74) is 2.03. The highest BCUT2D eigenvalue weighted by molar-refractivity contribution is 6.30. The molecule has 0 radical (unpaired) electrons. The second-order valence-corrected chi connectivity index (χ2v) is 10.9. The van der Waals surface area contributed by atoms with Gasteiger partial charge < -0.3 is 25.6 Å². The predicted octanol–water partition coefficient (Wildman–Crippen LogP) is 3.11. The molecule has 4 rings (SSSR count). The maximum atomic E-state index is 13.4. The van der Waals surface area contributed by atoms with Crippen LogP contribution >= 0.6 is 11.6 Å². The van der Waals surface area contributed by atoms with Crippen LogP contribution in [-0.4, -0.2) is 67.5 Å². The van der Waals surface area contributed by atoms with Gasteiger partial charge in [-0.1, -0.05) is 35.9 Å². The third kappa shape index (κ3) is 7.60. The van der Waals surface area contributed by atoms with Gasteiger partial charge in [0.25, 0.3) is 0 Å². The Hall–Kier alpha value is -2.84. The number of benzene rings is 1. The van der Waals surface area contributed by atoms with Crippen LogP contribution in [0.1, 0.15) is 51.0 Å². The molecule has 0 aromatic heterocycles. The van der Waals surface area contributed by atoms with Crippen molar-refractivity contribution >= 4 is 29.3 Å². The average Bonchev–Trinajstić information content (AvgIpc) is 3.76. The van der Waals surface area contributed by atoms with Gasteiger partial charge in [0.1, 0.15) is 18.7 Å². The minimum Gasteiger partial charge on any atom is -0.496 e. The SMILES string of the molecule is C[C@@H]1C(=O)N[C@H](Cc2ccc(Cl)cc2)C(=O)NCCCC2=C(CCC=C2)OCCN[C@@H](C2CC2)C(=O)N1C. The molecule has 3 aliphatic rings. The van der Waals surface area contributed by atoms with Gasteiger partial charge in [0, 0.05) is 38.0 Å². The number of hydrogen-bond donors (Lipinski definition) is 3. The standard InChI is InChI=1S/C29H39ClN4O4/c1-19-27(35)33-24(18-20-9-13-23(30)14-10-20)28(36)32-15-5-7-21-6-3-4-8-25(21)38-17-16-31-26(22-11-12-22)29(37)34(19)2/h3,6,9-10,13-14,19,22,24,26,31H,4-5,7-8,11-12,15-18H2,1-2H3,(H,32,36)(H,33,35)/t19-,24-,26+/m1/s1. The fourth-order valence-electron chi connectivity index (χ4n) is 4.91. The molecule has 1 aromatic carbocycles. The molecule has 1 aliphatic heterocycles. The van der Waals surface area contributed by atoms with Gasteiger partial charge >= 0.3 is 0 Å². The zero-order valence-corrected chi connectivity index (χ0v) is 23.1. The summed E-state index contributed by atoms with van der Waals surface area (Å²) in [4.78, 5) is 41.4. The molecule has 1 aromatic rings. The monoisotopic (exact) mass is 542 g/mol. The number of nitrogens with zero attached hydrogens (tertiary/aromatic N) is 1. The molecular formula is C29H39ClN4O4. The summed E-state index contributed by atoms with van der Waals surface area (Å²) < 4.78 is 6.13. The van der Waals surface area contributed by atoms with E-state index in [1.807, 2.05) is 12.1 Å². The molecule has 1 fully saturated rings. The predicted molar refractivity (Wildman–Crippen MR) is 147 cm³/mol. The van der Waals surface area contributed by atoms with Gasteiger partial charge in [-0.2, -0.15) is 0 Å². The summed E-state index contributed by atoms with van der Waals surface area (Å²) in [6.45, 7) is 3.21. The van der Waals surface area contributed by atoms with Crippen LogP contribution in [0.3, 0.4) is 0 Å². The minimum absolute atomic E-state index is 0.115. The van der Waals surface area contributed by atoms with E-state index in [1.165, 1.54) is 4.90 Å². The Morgan fingerprint density at radius 3 is 2.55 bits per heavy atom. The number of amides is 3. The van der Waals surface area contributed by atoms with E-state index in [2.05, 4.69) is 28.1 Å². The van der Waals surface area contributed by atoms with Crippen molar-refractivity contribution in [3.05, 3.63) is 58.3 Å². The Labute approximate surface area is 230 Å². The number of allylic oxidation sites excluding steroid dienone is 4. The van der Waals surface area contributed by atoms with Crippen LogP contribution < -0.4 is 16.0 Å². The van der Waals surface area contributed by atoms with Crippen LogP contribution in [0.4, 0.5) is 0 Å². The fourth-order valence-corrected chi connectivity index (χ4v) is 5.04. The van der Waals surface area contributed by atoms with E-state index in [1.54, 1.807) is 26.1 Å². The molecule has 3 N–H and O–H groups in total. The van der Waals surface area contributed by atoms with Gasteiger partial charge in [0.2, 0.25) is 17.7 Å². The normalized spacial score (nSPS) is 26.6. The number of rotatable bonds is 3. The summed E-state index contributed by atoms with van der Waals surface area (Å²) >= 11 is 6.03. The lowest BCUT2D eigenvalue weighted by Gasteiger charge is -2.30. The topological polar surface area (TPSA) is 99.8 Å². The van der Waals surface area contributed by atoms with Crippen LogP contribution in [0.2, 0.25) is 5.02 Å². The number of carbonyl (C=O) groups is 3. The maximum absolute atomic E-state index is 13.4. The van der Waals surface area contributed by atoms with Crippen molar-refractivity contribution in [3.63, 3.8) is 0 Å². The average molecular weight is 543 g/mol. The second kappa shape index (κ2) is 13.3. The zero-order valence-electron chi connectivity index (χ0n) is 22.3. The second-order valence-electron chi connectivity index (χ2n) is 10.4. The van der Waals surface area contributed by atoms with Crippen molar-refractivity contribution in [2.45, 2.75) is 70.0 Å². The summed E-state index contributed by atoms with van der Waals surface area (Å²) in [7, 11) is 1.65. The third-order valence-corrected chi connectivity index (χ3v) is 7.79. The lowest BCUT2D eigenvalue weighted by atomic mass is 10.0. The van der Waals surface area contributed by atoms with Crippen LogP contribution in [0.15, 0.2) is 47.7 Å². The van der Waals surface area contributed by atoms with Crippen molar-refractivity contribution in [2.75, 3.05) is 26.7 Å². The molecule has 0 spiro atoms. The molecule has 3 amide bonds. The van der Waals surface area contributed by atoms with E-state index in [-0.39, 0.29) is 29.7 Å². The highest BCUT2D eigenvalue weighted by Gasteiger charge is 2.39. The Morgan fingerprint density at radius 1 is 1.05 bits per heavy atom. The number of ether oxygens (including phenoxy) is 1. The van der Waals surface area contributed by atoms with Crippen LogP contribution in [0.25, 0.3) is 0 Å². The summed E-state index contributed by atoms with van der Waals surface area (Å²) in [5.74, 6) is 0.528. The van der Waals surface area contributed by atoms with E-state index >= 15 is 0 Å². The first kappa shape index (κ1) is 28.2.